The van der Waals surface area contributed by atoms with Gasteiger partial charge in [-0.3, -0.25) is 0 Å². The monoisotopic (exact) mass is 312 g/mol. The largest absolute Gasteiger partial charge is 0.381 e. The molecule has 1 fully saturated rings. The highest BCUT2D eigenvalue weighted by atomic mass is 32.2. The Kier molecular flexibility index (Phi) is 5.37. The summed E-state index contributed by atoms with van der Waals surface area (Å²) in [5.74, 6) is 0. The summed E-state index contributed by atoms with van der Waals surface area (Å²) in [6, 6.07) is 6.91. The molecular formula is C15H24N2O3S. The molecule has 118 valence electrons. The smallest absolute Gasteiger partial charge is 0.240 e. The third-order valence-corrected chi connectivity index (χ3v) is 5.47. The SMILES string of the molecule is CC1(CNS(=O)(=O)c2ccc(CCN)cc2)CCOCC1. The highest BCUT2D eigenvalue weighted by Crippen LogP contribution is 2.29. The van der Waals surface area contributed by atoms with Gasteiger partial charge in [0, 0.05) is 19.8 Å². The Hall–Kier alpha value is -0.950. The molecule has 1 aromatic rings. The van der Waals surface area contributed by atoms with Crippen molar-refractivity contribution < 1.29 is 13.2 Å². The van der Waals surface area contributed by atoms with E-state index >= 15 is 0 Å². The van der Waals surface area contributed by atoms with Crippen LogP contribution >= 0.6 is 0 Å². The van der Waals surface area contributed by atoms with Gasteiger partial charge >= 0.3 is 0 Å². The van der Waals surface area contributed by atoms with Gasteiger partial charge in [0.05, 0.1) is 4.90 Å². The van der Waals surface area contributed by atoms with Gasteiger partial charge in [-0.05, 0) is 48.9 Å². The summed E-state index contributed by atoms with van der Waals surface area (Å²) in [5, 5.41) is 0. The summed E-state index contributed by atoms with van der Waals surface area (Å²) < 4.78 is 32.7. The minimum Gasteiger partial charge on any atom is -0.381 e. The minimum atomic E-state index is -3.45. The number of sulfonamides is 1. The van der Waals surface area contributed by atoms with Crippen molar-refractivity contribution in [2.75, 3.05) is 26.3 Å². The lowest BCUT2D eigenvalue weighted by molar-refractivity contribution is 0.0265. The first-order valence-electron chi connectivity index (χ1n) is 7.32. The van der Waals surface area contributed by atoms with Gasteiger partial charge in [0.25, 0.3) is 0 Å². The van der Waals surface area contributed by atoms with Gasteiger partial charge in [0.2, 0.25) is 10.0 Å². The van der Waals surface area contributed by atoms with Crippen molar-refractivity contribution in [2.24, 2.45) is 11.1 Å². The normalized spacial score (nSPS) is 18.6. The van der Waals surface area contributed by atoms with Crippen molar-refractivity contribution >= 4 is 10.0 Å². The Morgan fingerprint density at radius 2 is 1.86 bits per heavy atom. The van der Waals surface area contributed by atoms with Crippen LogP contribution in [0.4, 0.5) is 0 Å². The van der Waals surface area contributed by atoms with Gasteiger partial charge in [-0.2, -0.15) is 0 Å². The summed E-state index contributed by atoms with van der Waals surface area (Å²) in [6.45, 7) is 4.51. The zero-order valence-corrected chi connectivity index (χ0v) is 13.3. The molecular weight excluding hydrogens is 288 g/mol. The van der Waals surface area contributed by atoms with E-state index in [4.69, 9.17) is 10.5 Å². The third kappa shape index (κ3) is 4.51. The lowest BCUT2D eigenvalue weighted by atomic mass is 9.83. The number of hydrogen-bond acceptors (Lipinski definition) is 4. The van der Waals surface area contributed by atoms with Crippen molar-refractivity contribution in [1.29, 1.82) is 0 Å². The fraction of sp³-hybridized carbons (Fsp3) is 0.600. The average molecular weight is 312 g/mol. The van der Waals surface area contributed by atoms with E-state index in [9.17, 15) is 8.42 Å². The fourth-order valence-electron chi connectivity index (χ4n) is 2.40. The number of ether oxygens (including phenoxy) is 1. The van der Waals surface area contributed by atoms with Crippen molar-refractivity contribution in [3.05, 3.63) is 29.8 Å². The summed E-state index contributed by atoms with van der Waals surface area (Å²) in [6.07, 6.45) is 2.52. The highest BCUT2D eigenvalue weighted by molar-refractivity contribution is 7.89. The molecule has 5 nitrogen and oxygen atoms in total. The first-order chi connectivity index (χ1) is 9.95. The van der Waals surface area contributed by atoms with Crippen LogP contribution in [0.25, 0.3) is 0 Å². The van der Waals surface area contributed by atoms with Crippen molar-refractivity contribution in [1.82, 2.24) is 4.72 Å². The van der Waals surface area contributed by atoms with Crippen LogP contribution in [0, 0.1) is 5.41 Å². The zero-order valence-electron chi connectivity index (χ0n) is 12.5. The quantitative estimate of drug-likeness (QED) is 0.829. The second-order valence-electron chi connectivity index (χ2n) is 5.93. The molecule has 0 aliphatic carbocycles. The number of rotatable bonds is 6. The van der Waals surface area contributed by atoms with Crippen LogP contribution < -0.4 is 10.5 Å². The number of benzene rings is 1. The zero-order chi connectivity index (χ0) is 15.3. The van der Waals surface area contributed by atoms with Crippen LogP contribution in [-0.2, 0) is 21.2 Å². The Balaban J connectivity index is 2.00. The maximum absolute atomic E-state index is 12.3. The van der Waals surface area contributed by atoms with Crippen LogP contribution in [-0.4, -0.2) is 34.7 Å². The molecule has 1 aromatic carbocycles. The molecule has 0 unspecified atom stereocenters. The van der Waals surface area contributed by atoms with Gasteiger partial charge in [-0.15, -0.1) is 0 Å². The molecule has 1 heterocycles. The highest BCUT2D eigenvalue weighted by Gasteiger charge is 2.29. The van der Waals surface area contributed by atoms with Crippen LogP contribution in [0.15, 0.2) is 29.2 Å². The molecule has 0 amide bonds. The van der Waals surface area contributed by atoms with Crippen LogP contribution in [0.5, 0.6) is 0 Å². The standard InChI is InChI=1S/C15H24N2O3S/c1-15(7-10-20-11-8-15)12-17-21(18,19)14-4-2-13(3-5-14)6-9-16/h2-5,17H,6-12,16H2,1H3. The number of hydrogen-bond donors (Lipinski definition) is 2. The maximum Gasteiger partial charge on any atom is 0.240 e. The van der Waals surface area contributed by atoms with E-state index in [-0.39, 0.29) is 5.41 Å². The van der Waals surface area contributed by atoms with Crippen LogP contribution in [0.1, 0.15) is 25.3 Å². The number of nitrogens with one attached hydrogen (secondary N) is 1. The molecule has 0 atom stereocenters. The van der Waals surface area contributed by atoms with Gasteiger partial charge in [0.1, 0.15) is 0 Å². The average Bonchev–Trinajstić information content (AvgIpc) is 2.47. The van der Waals surface area contributed by atoms with E-state index in [2.05, 4.69) is 11.6 Å². The third-order valence-electron chi connectivity index (χ3n) is 4.06. The Labute approximate surface area is 126 Å². The molecule has 21 heavy (non-hydrogen) atoms. The Morgan fingerprint density at radius 1 is 1.24 bits per heavy atom. The summed E-state index contributed by atoms with van der Waals surface area (Å²) in [4.78, 5) is 0.305. The number of nitrogens with two attached hydrogens (primary N) is 1. The summed E-state index contributed by atoms with van der Waals surface area (Å²) in [7, 11) is -3.45. The van der Waals surface area contributed by atoms with E-state index in [0.717, 1.165) is 24.8 Å². The molecule has 0 spiro atoms. The summed E-state index contributed by atoms with van der Waals surface area (Å²) >= 11 is 0. The van der Waals surface area contributed by atoms with E-state index in [1.54, 1.807) is 12.1 Å². The molecule has 0 bridgehead atoms. The molecule has 1 aliphatic heterocycles. The van der Waals surface area contributed by atoms with Gasteiger partial charge < -0.3 is 10.5 Å². The molecule has 0 saturated carbocycles. The first-order valence-corrected chi connectivity index (χ1v) is 8.80. The van der Waals surface area contributed by atoms with Crippen molar-refractivity contribution in [3.63, 3.8) is 0 Å². The Morgan fingerprint density at radius 3 is 2.43 bits per heavy atom. The van der Waals surface area contributed by atoms with Crippen molar-refractivity contribution in [3.8, 4) is 0 Å². The van der Waals surface area contributed by atoms with Crippen LogP contribution in [0.3, 0.4) is 0 Å². The minimum absolute atomic E-state index is 0.0230. The predicted molar refractivity (Wildman–Crippen MR) is 82.5 cm³/mol. The van der Waals surface area contributed by atoms with E-state index in [0.29, 0.717) is 31.2 Å². The second kappa shape index (κ2) is 6.87. The van der Waals surface area contributed by atoms with Crippen LogP contribution in [0.2, 0.25) is 0 Å². The topological polar surface area (TPSA) is 81.4 Å². The van der Waals surface area contributed by atoms with E-state index in [1.165, 1.54) is 0 Å². The maximum atomic E-state index is 12.3. The molecule has 0 radical (unpaired) electrons. The molecule has 0 aromatic heterocycles. The lowest BCUT2D eigenvalue weighted by Gasteiger charge is -2.33. The molecule has 3 N–H and O–H groups in total. The molecule has 2 rings (SSSR count). The van der Waals surface area contributed by atoms with Gasteiger partial charge in [-0.1, -0.05) is 19.1 Å². The van der Waals surface area contributed by atoms with Crippen molar-refractivity contribution in [2.45, 2.75) is 31.1 Å². The Bertz CT molecular complexity index is 549. The molecule has 1 aliphatic rings. The van der Waals surface area contributed by atoms with Gasteiger partial charge in [0.15, 0.2) is 0 Å². The van der Waals surface area contributed by atoms with E-state index < -0.39 is 10.0 Å². The predicted octanol–water partition coefficient (Wildman–Crippen LogP) is 1.28. The lowest BCUT2D eigenvalue weighted by Crippen LogP contribution is -2.39. The van der Waals surface area contributed by atoms with E-state index in [1.807, 2.05) is 12.1 Å². The summed E-state index contributed by atoms with van der Waals surface area (Å²) in [5.41, 5.74) is 6.51. The fourth-order valence-corrected chi connectivity index (χ4v) is 3.60. The molecule has 6 heteroatoms. The first kappa shape index (κ1) is 16.4. The molecule has 1 saturated heterocycles. The van der Waals surface area contributed by atoms with Gasteiger partial charge in [-0.25, -0.2) is 13.1 Å². The second-order valence-corrected chi connectivity index (χ2v) is 7.70.